The van der Waals surface area contributed by atoms with Gasteiger partial charge in [0.1, 0.15) is 0 Å². The van der Waals surface area contributed by atoms with Gasteiger partial charge in [-0.25, -0.2) is 0 Å². The predicted molar refractivity (Wildman–Crippen MR) is 74.9 cm³/mol. The lowest BCUT2D eigenvalue weighted by Gasteiger charge is -2.19. The molecule has 0 aliphatic heterocycles. The molecule has 2 rings (SSSR count). The second-order valence-electron chi connectivity index (χ2n) is 4.05. The zero-order valence-corrected chi connectivity index (χ0v) is 11.1. The van der Waals surface area contributed by atoms with Crippen molar-refractivity contribution >= 4 is 29.0 Å². The molecule has 0 radical (unpaired) electrons. The van der Waals surface area contributed by atoms with Crippen molar-refractivity contribution in [2.45, 2.75) is 6.54 Å². The molecule has 5 nitrogen and oxygen atoms in total. The maximum atomic E-state index is 11.1. The molecule has 0 fully saturated rings. The van der Waals surface area contributed by atoms with Gasteiger partial charge in [-0.15, -0.1) is 11.3 Å². The minimum Gasteiger partial charge on any atom is -0.369 e. The number of nitro groups is 1. The third-order valence-corrected chi connectivity index (χ3v) is 3.59. The summed E-state index contributed by atoms with van der Waals surface area (Å²) in [6.07, 6.45) is 0.646. The Balaban J connectivity index is 2.28. The molecule has 19 heavy (non-hydrogen) atoms. The normalized spacial score (nSPS) is 10.2. The van der Waals surface area contributed by atoms with Crippen LogP contribution in [0, 0.1) is 10.1 Å². The van der Waals surface area contributed by atoms with Gasteiger partial charge in [0.05, 0.1) is 11.5 Å². The van der Waals surface area contributed by atoms with E-state index in [4.69, 9.17) is 0 Å². The van der Waals surface area contributed by atoms with E-state index in [0.717, 1.165) is 4.88 Å². The van der Waals surface area contributed by atoms with Crippen LogP contribution in [0.4, 0.5) is 11.4 Å². The maximum Gasteiger partial charge on any atom is 0.270 e. The van der Waals surface area contributed by atoms with E-state index in [0.29, 0.717) is 24.1 Å². The van der Waals surface area contributed by atoms with Crippen LogP contribution in [0.5, 0.6) is 0 Å². The summed E-state index contributed by atoms with van der Waals surface area (Å²) in [6.45, 7) is 0.663. The van der Waals surface area contributed by atoms with Crippen LogP contribution in [0.1, 0.15) is 15.2 Å². The summed E-state index contributed by atoms with van der Waals surface area (Å²) in [5.74, 6) is 0. The third-order valence-electron chi connectivity index (χ3n) is 2.73. The van der Waals surface area contributed by atoms with Gasteiger partial charge in [-0.05, 0) is 17.5 Å². The van der Waals surface area contributed by atoms with E-state index in [-0.39, 0.29) is 5.69 Å². The highest BCUT2D eigenvalue weighted by molar-refractivity contribution is 7.09. The van der Waals surface area contributed by atoms with Crippen molar-refractivity contribution in [1.29, 1.82) is 0 Å². The fourth-order valence-corrected chi connectivity index (χ4v) is 2.58. The highest BCUT2D eigenvalue weighted by Gasteiger charge is 2.13. The van der Waals surface area contributed by atoms with Gasteiger partial charge in [-0.3, -0.25) is 14.9 Å². The van der Waals surface area contributed by atoms with Crippen LogP contribution in [0.15, 0.2) is 35.7 Å². The average molecular weight is 276 g/mol. The molecule has 0 saturated heterocycles. The first-order valence-electron chi connectivity index (χ1n) is 5.59. The number of aldehydes is 1. The van der Waals surface area contributed by atoms with Crippen molar-refractivity contribution in [2.75, 3.05) is 11.9 Å². The van der Waals surface area contributed by atoms with E-state index in [9.17, 15) is 14.9 Å². The van der Waals surface area contributed by atoms with E-state index in [1.807, 2.05) is 29.5 Å². The number of hydrogen-bond acceptors (Lipinski definition) is 5. The Labute approximate surface area is 114 Å². The van der Waals surface area contributed by atoms with Crippen LogP contribution in [0.2, 0.25) is 0 Å². The average Bonchev–Trinajstić information content (AvgIpc) is 2.90. The Morgan fingerprint density at radius 2 is 2.21 bits per heavy atom. The molecule has 0 N–H and O–H groups in total. The minimum absolute atomic E-state index is 0.0737. The Morgan fingerprint density at radius 1 is 1.42 bits per heavy atom. The lowest BCUT2D eigenvalue weighted by atomic mass is 10.1. The summed E-state index contributed by atoms with van der Waals surface area (Å²) >= 11 is 1.63. The second-order valence-corrected chi connectivity index (χ2v) is 5.09. The Morgan fingerprint density at radius 3 is 2.79 bits per heavy atom. The van der Waals surface area contributed by atoms with Gasteiger partial charge in [0.25, 0.3) is 5.69 Å². The SMILES string of the molecule is CN(Cc1cccs1)c1ccc([N+](=O)[O-])cc1C=O. The molecule has 0 saturated carbocycles. The molecule has 0 unspecified atom stereocenters. The topological polar surface area (TPSA) is 63.4 Å². The molecule has 0 bridgehead atoms. The summed E-state index contributed by atoms with van der Waals surface area (Å²) in [7, 11) is 1.86. The molecule has 6 heteroatoms. The molecular formula is C13H12N2O3S. The molecule has 1 aromatic heterocycles. The predicted octanol–water partition coefficient (Wildman–Crippen LogP) is 3.11. The van der Waals surface area contributed by atoms with Crippen LogP contribution in [-0.4, -0.2) is 18.3 Å². The molecule has 0 amide bonds. The quantitative estimate of drug-likeness (QED) is 0.478. The van der Waals surface area contributed by atoms with E-state index >= 15 is 0 Å². The van der Waals surface area contributed by atoms with Crippen LogP contribution in [0.3, 0.4) is 0 Å². The standard InChI is InChI=1S/C13H12N2O3S/c1-14(8-12-3-2-6-19-12)13-5-4-11(15(17)18)7-10(13)9-16/h2-7,9H,8H2,1H3. The van der Waals surface area contributed by atoms with Crippen LogP contribution < -0.4 is 4.90 Å². The smallest absolute Gasteiger partial charge is 0.270 e. The van der Waals surface area contributed by atoms with Crippen molar-refractivity contribution in [1.82, 2.24) is 0 Å². The van der Waals surface area contributed by atoms with Gasteiger partial charge in [-0.2, -0.15) is 0 Å². The number of nitrogens with zero attached hydrogens (tertiary/aromatic N) is 2. The number of benzene rings is 1. The van der Waals surface area contributed by atoms with E-state index in [1.54, 1.807) is 17.4 Å². The molecule has 1 aromatic carbocycles. The summed E-state index contributed by atoms with van der Waals surface area (Å²) < 4.78 is 0. The number of non-ortho nitro benzene ring substituents is 1. The van der Waals surface area contributed by atoms with E-state index < -0.39 is 4.92 Å². The number of anilines is 1. The molecule has 0 atom stereocenters. The summed E-state index contributed by atoms with van der Waals surface area (Å²) in [6, 6.07) is 8.29. The number of nitro benzene ring substituents is 1. The monoisotopic (exact) mass is 276 g/mol. The van der Waals surface area contributed by atoms with Gasteiger partial charge in [0.15, 0.2) is 6.29 Å². The minimum atomic E-state index is -0.504. The van der Waals surface area contributed by atoms with Gasteiger partial charge in [0.2, 0.25) is 0 Å². The fraction of sp³-hybridized carbons (Fsp3) is 0.154. The number of carbonyl (C=O) groups excluding carboxylic acids is 1. The van der Waals surface area contributed by atoms with Crippen LogP contribution in [0.25, 0.3) is 0 Å². The largest absolute Gasteiger partial charge is 0.369 e. The maximum absolute atomic E-state index is 11.1. The first-order valence-corrected chi connectivity index (χ1v) is 6.47. The lowest BCUT2D eigenvalue weighted by molar-refractivity contribution is -0.384. The van der Waals surface area contributed by atoms with Gasteiger partial charge in [0, 0.05) is 35.3 Å². The van der Waals surface area contributed by atoms with Gasteiger partial charge in [-0.1, -0.05) is 6.07 Å². The van der Waals surface area contributed by atoms with E-state index in [1.165, 1.54) is 12.1 Å². The van der Waals surface area contributed by atoms with Crippen LogP contribution in [-0.2, 0) is 6.54 Å². The highest BCUT2D eigenvalue weighted by Crippen LogP contribution is 2.25. The Hall–Kier alpha value is -2.21. The number of hydrogen-bond donors (Lipinski definition) is 0. The van der Waals surface area contributed by atoms with Crippen molar-refractivity contribution in [3.63, 3.8) is 0 Å². The molecule has 98 valence electrons. The van der Waals surface area contributed by atoms with Gasteiger partial charge >= 0.3 is 0 Å². The van der Waals surface area contributed by atoms with Crippen molar-refractivity contribution in [2.24, 2.45) is 0 Å². The number of rotatable bonds is 5. The molecule has 0 spiro atoms. The molecule has 0 aliphatic rings. The molecule has 0 aliphatic carbocycles. The second kappa shape index (κ2) is 5.62. The highest BCUT2D eigenvalue weighted by atomic mass is 32.1. The van der Waals surface area contributed by atoms with Crippen LogP contribution >= 0.6 is 11.3 Å². The lowest BCUT2D eigenvalue weighted by Crippen LogP contribution is -2.17. The zero-order chi connectivity index (χ0) is 13.8. The number of carbonyl (C=O) groups is 1. The Bertz CT molecular complexity index is 596. The summed E-state index contributed by atoms with van der Waals surface area (Å²) in [5.41, 5.74) is 0.942. The third kappa shape index (κ3) is 2.97. The molecule has 2 aromatic rings. The number of thiophene rings is 1. The zero-order valence-electron chi connectivity index (χ0n) is 10.3. The van der Waals surface area contributed by atoms with Crippen molar-refractivity contribution in [3.8, 4) is 0 Å². The molecular weight excluding hydrogens is 264 g/mol. The van der Waals surface area contributed by atoms with Gasteiger partial charge < -0.3 is 4.90 Å². The first kappa shape index (κ1) is 13.2. The van der Waals surface area contributed by atoms with Crippen molar-refractivity contribution in [3.05, 3.63) is 56.3 Å². The molecule has 1 heterocycles. The first-order chi connectivity index (χ1) is 9.11. The summed E-state index contributed by atoms with van der Waals surface area (Å²) in [5, 5.41) is 12.7. The fourth-order valence-electron chi connectivity index (χ4n) is 1.82. The Kier molecular flexibility index (Phi) is 3.91. The van der Waals surface area contributed by atoms with E-state index in [2.05, 4.69) is 0 Å². The summed E-state index contributed by atoms with van der Waals surface area (Å²) in [4.78, 5) is 24.3. The van der Waals surface area contributed by atoms with Crippen molar-refractivity contribution < 1.29 is 9.72 Å².